The number of nitrogens with zero attached hydrogens (tertiary/aromatic N) is 4. The smallest absolute Gasteiger partial charge is 0.227 e. The van der Waals surface area contributed by atoms with E-state index in [0.717, 1.165) is 24.6 Å². The first-order valence-electron chi connectivity index (χ1n) is 8.95. The highest BCUT2D eigenvalue weighted by atomic mass is 32.1. The zero-order valence-electron chi connectivity index (χ0n) is 16.7. The average Bonchev–Trinajstić information content (AvgIpc) is 3.27. The molecule has 0 spiro atoms. The van der Waals surface area contributed by atoms with Crippen LogP contribution in [0.25, 0.3) is 0 Å². The van der Waals surface area contributed by atoms with E-state index in [0.29, 0.717) is 19.0 Å². The lowest BCUT2D eigenvalue weighted by atomic mass is 9.92. The average molecular weight is 392 g/mol. The summed E-state index contributed by atoms with van der Waals surface area (Å²) in [4.78, 5) is 17.9. The Labute approximate surface area is 164 Å². The minimum absolute atomic E-state index is 0.0168. The summed E-state index contributed by atoms with van der Waals surface area (Å²) in [5.41, 5.74) is -0.549. The van der Waals surface area contributed by atoms with Gasteiger partial charge in [0.05, 0.1) is 5.41 Å². The van der Waals surface area contributed by atoms with E-state index in [9.17, 15) is 4.79 Å². The molecule has 148 valence electrons. The molecule has 2 heterocycles. The Balaban J connectivity index is 2.01. The van der Waals surface area contributed by atoms with E-state index in [1.807, 2.05) is 32.4 Å². The predicted octanol–water partition coefficient (Wildman–Crippen LogP) is 1.24. The molecule has 2 rings (SSSR count). The number of carbonyl (C=O) groups is 1. The molecule has 0 aliphatic carbocycles. The standard InChI is InChI=1S/C18H29N7OS/c1-13-23-24-15(25(13)5)11-21-17(20-9-8-14-7-6-10-27-14)22-12-18(2,3)16(26)19-4/h6-7,10H,8-9,11-12H2,1-5H3,(H,19,26)(H2,20,21,22). The van der Waals surface area contributed by atoms with Gasteiger partial charge < -0.3 is 20.5 Å². The number of aromatic nitrogens is 3. The van der Waals surface area contributed by atoms with Gasteiger partial charge >= 0.3 is 0 Å². The number of rotatable bonds is 8. The Hall–Kier alpha value is -2.42. The van der Waals surface area contributed by atoms with Crippen LogP contribution in [0.1, 0.15) is 30.4 Å². The summed E-state index contributed by atoms with van der Waals surface area (Å²) < 4.78 is 1.92. The van der Waals surface area contributed by atoms with Crippen LogP contribution in [0.4, 0.5) is 0 Å². The van der Waals surface area contributed by atoms with E-state index in [-0.39, 0.29) is 5.91 Å². The van der Waals surface area contributed by atoms with Gasteiger partial charge in [-0.1, -0.05) is 6.07 Å². The molecule has 0 bridgehead atoms. The van der Waals surface area contributed by atoms with E-state index in [4.69, 9.17) is 0 Å². The number of guanidine groups is 1. The molecule has 27 heavy (non-hydrogen) atoms. The molecular formula is C18H29N7OS. The first-order chi connectivity index (χ1) is 12.8. The highest BCUT2D eigenvalue weighted by Crippen LogP contribution is 2.13. The van der Waals surface area contributed by atoms with Gasteiger partial charge in [0.15, 0.2) is 11.8 Å². The second-order valence-corrected chi connectivity index (χ2v) is 7.99. The van der Waals surface area contributed by atoms with Crippen molar-refractivity contribution in [2.24, 2.45) is 17.5 Å². The van der Waals surface area contributed by atoms with Crippen molar-refractivity contribution in [3.05, 3.63) is 34.0 Å². The third kappa shape index (κ3) is 6.06. The molecule has 0 aliphatic heterocycles. The van der Waals surface area contributed by atoms with Crippen LogP contribution in [0.2, 0.25) is 0 Å². The first kappa shape index (κ1) is 20.9. The number of thiophene rings is 1. The third-order valence-corrected chi connectivity index (χ3v) is 5.28. The molecule has 8 nitrogen and oxygen atoms in total. The summed E-state index contributed by atoms with van der Waals surface area (Å²) in [5.74, 6) is 2.28. The lowest BCUT2D eigenvalue weighted by Crippen LogP contribution is -2.47. The second kappa shape index (κ2) is 9.50. The van der Waals surface area contributed by atoms with Crippen LogP contribution in [0.15, 0.2) is 22.5 Å². The SMILES string of the molecule is CNC(=O)C(C)(C)CNC(=NCc1nnc(C)n1C)NCCc1cccs1. The molecule has 0 fully saturated rings. The van der Waals surface area contributed by atoms with Crippen LogP contribution in [0.3, 0.4) is 0 Å². The molecule has 2 aromatic rings. The summed E-state index contributed by atoms with van der Waals surface area (Å²) in [6, 6.07) is 4.17. The Morgan fingerprint density at radius 2 is 2.11 bits per heavy atom. The summed E-state index contributed by atoms with van der Waals surface area (Å²) in [6.07, 6.45) is 0.917. The van der Waals surface area contributed by atoms with Crippen LogP contribution in [-0.4, -0.2) is 46.8 Å². The van der Waals surface area contributed by atoms with Crippen molar-refractivity contribution in [3.8, 4) is 0 Å². The Bertz CT molecular complexity index is 765. The lowest BCUT2D eigenvalue weighted by Gasteiger charge is -2.24. The van der Waals surface area contributed by atoms with Gasteiger partial charge in [-0.15, -0.1) is 21.5 Å². The Morgan fingerprint density at radius 3 is 2.70 bits per heavy atom. The number of aliphatic imine (C=N–C) groups is 1. The van der Waals surface area contributed by atoms with Gasteiger partial charge in [0, 0.05) is 32.1 Å². The maximum atomic E-state index is 12.0. The molecule has 0 saturated carbocycles. The van der Waals surface area contributed by atoms with Gasteiger partial charge in [-0.2, -0.15) is 0 Å². The molecule has 0 aliphatic rings. The van der Waals surface area contributed by atoms with Crippen molar-refractivity contribution in [1.82, 2.24) is 30.7 Å². The van der Waals surface area contributed by atoms with E-state index < -0.39 is 5.41 Å². The molecule has 9 heteroatoms. The minimum atomic E-state index is -0.549. The summed E-state index contributed by atoms with van der Waals surface area (Å²) >= 11 is 1.74. The minimum Gasteiger partial charge on any atom is -0.359 e. The van der Waals surface area contributed by atoms with Crippen molar-refractivity contribution in [2.45, 2.75) is 33.7 Å². The maximum absolute atomic E-state index is 12.0. The zero-order valence-corrected chi connectivity index (χ0v) is 17.5. The molecule has 0 saturated heterocycles. The molecule has 1 amide bonds. The Kier molecular flexibility index (Phi) is 7.35. The fraction of sp³-hybridized carbons (Fsp3) is 0.556. The molecule has 0 aromatic carbocycles. The van der Waals surface area contributed by atoms with Crippen molar-refractivity contribution in [1.29, 1.82) is 0 Å². The summed E-state index contributed by atoms with van der Waals surface area (Å²) in [7, 11) is 3.57. The van der Waals surface area contributed by atoms with Crippen molar-refractivity contribution < 1.29 is 4.79 Å². The predicted molar refractivity (Wildman–Crippen MR) is 109 cm³/mol. The van der Waals surface area contributed by atoms with Crippen molar-refractivity contribution in [2.75, 3.05) is 20.1 Å². The number of amides is 1. The highest BCUT2D eigenvalue weighted by Gasteiger charge is 2.26. The highest BCUT2D eigenvalue weighted by molar-refractivity contribution is 7.09. The molecule has 0 unspecified atom stereocenters. The fourth-order valence-electron chi connectivity index (χ4n) is 2.40. The van der Waals surface area contributed by atoms with E-state index >= 15 is 0 Å². The largest absolute Gasteiger partial charge is 0.359 e. The van der Waals surface area contributed by atoms with E-state index in [1.165, 1.54) is 4.88 Å². The summed E-state index contributed by atoms with van der Waals surface area (Å²) in [5, 5.41) is 19.6. The van der Waals surface area contributed by atoms with Crippen molar-refractivity contribution in [3.63, 3.8) is 0 Å². The number of nitrogens with one attached hydrogen (secondary N) is 3. The monoisotopic (exact) mass is 391 g/mol. The third-order valence-electron chi connectivity index (χ3n) is 4.34. The van der Waals surface area contributed by atoms with Crippen molar-refractivity contribution >= 4 is 23.2 Å². The molecule has 0 radical (unpaired) electrons. The molecule has 0 atom stereocenters. The lowest BCUT2D eigenvalue weighted by molar-refractivity contribution is -0.128. The molecule has 2 aromatic heterocycles. The van der Waals surface area contributed by atoms with Crippen LogP contribution in [-0.2, 0) is 24.8 Å². The fourth-order valence-corrected chi connectivity index (χ4v) is 3.10. The Morgan fingerprint density at radius 1 is 1.33 bits per heavy atom. The van der Waals surface area contributed by atoms with E-state index in [2.05, 4.69) is 48.7 Å². The van der Waals surface area contributed by atoms with Crippen LogP contribution in [0, 0.1) is 12.3 Å². The molecule has 3 N–H and O–H groups in total. The van der Waals surface area contributed by atoms with Crippen LogP contribution < -0.4 is 16.0 Å². The van der Waals surface area contributed by atoms with Gasteiger partial charge in [-0.25, -0.2) is 4.99 Å². The van der Waals surface area contributed by atoms with Gasteiger partial charge in [0.2, 0.25) is 5.91 Å². The summed E-state index contributed by atoms with van der Waals surface area (Å²) in [6.45, 7) is 7.33. The van der Waals surface area contributed by atoms with Crippen LogP contribution in [0.5, 0.6) is 0 Å². The van der Waals surface area contributed by atoms with Gasteiger partial charge in [0.1, 0.15) is 12.4 Å². The number of hydrogen-bond donors (Lipinski definition) is 3. The number of aryl methyl sites for hydroxylation is 1. The number of hydrogen-bond acceptors (Lipinski definition) is 5. The first-order valence-corrected chi connectivity index (χ1v) is 9.83. The molecular weight excluding hydrogens is 362 g/mol. The topological polar surface area (TPSA) is 96.2 Å². The normalized spacial score (nSPS) is 12.1. The van der Waals surface area contributed by atoms with Gasteiger partial charge in [0.25, 0.3) is 0 Å². The van der Waals surface area contributed by atoms with Gasteiger partial charge in [-0.05, 0) is 38.6 Å². The van der Waals surface area contributed by atoms with Gasteiger partial charge in [-0.3, -0.25) is 4.79 Å². The quantitative estimate of drug-likeness (QED) is 0.465. The number of carbonyl (C=O) groups excluding carboxylic acids is 1. The maximum Gasteiger partial charge on any atom is 0.227 e. The zero-order chi connectivity index (χ0) is 19.9. The van der Waals surface area contributed by atoms with E-state index in [1.54, 1.807) is 18.4 Å². The van der Waals surface area contributed by atoms with Crippen LogP contribution >= 0.6 is 11.3 Å². The second-order valence-electron chi connectivity index (χ2n) is 6.96.